The number of esters is 1. The van der Waals surface area contributed by atoms with Crippen LogP contribution >= 0.6 is 15.9 Å². The van der Waals surface area contributed by atoms with Crippen molar-refractivity contribution in [1.29, 1.82) is 0 Å². The number of benzene rings is 1. The van der Waals surface area contributed by atoms with E-state index in [-0.39, 0.29) is 18.4 Å². The predicted octanol–water partition coefficient (Wildman–Crippen LogP) is 3.84. The van der Waals surface area contributed by atoms with Gasteiger partial charge in [-0.3, -0.25) is 4.79 Å². The molecular weight excluding hydrogens is 362 g/mol. The molecule has 0 bridgehead atoms. The molecule has 1 N–H and O–H groups in total. The number of nitrogens with one attached hydrogen (secondary N) is 1. The summed E-state index contributed by atoms with van der Waals surface area (Å²) in [6, 6.07) is 7.57. The van der Waals surface area contributed by atoms with E-state index in [9.17, 15) is 9.59 Å². The number of carbonyl (C=O) groups is 2. The molecule has 0 spiro atoms. The minimum absolute atomic E-state index is 0.220. The Hall–Kier alpha value is -1.56. The summed E-state index contributed by atoms with van der Waals surface area (Å²) in [5.74, 6) is -0.298. The first kappa shape index (κ1) is 19.5. The van der Waals surface area contributed by atoms with Gasteiger partial charge in [-0.1, -0.05) is 34.1 Å². The highest BCUT2D eigenvalue weighted by Gasteiger charge is 2.21. The number of halogens is 1. The van der Waals surface area contributed by atoms with Crippen molar-refractivity contribution in [3.8, 4) is 0 Å². The molecule has 0 fully saturated rings. The van der Waals surface area contributed by atoms with Crippen molar-refractivity contribution in [3.05, 3.63) is 34.3 Å². The van der Waals surface area contributed by atoms with Crippen LogP contribution in [0.2, 0.25) is 0 Å². The number of methoxy groups -OCH3 is 1. The third kappa shape index (κ3) is 8.02. The van der Waals surface area contributed by atoms with Gasteiger partial charge in [-0.15, -0.1) is 0 Å². The maximum absolute atomic E-state index is 12.0. The van der Waals surface area contributed by atoms with E-state index in [1.165, 1.54) is 7.11 Å². The highest BCUT2D eigenvalue weighted by molar-refractivity contribution is 9.10. The van der Waals surface area contributed by atoms with Gasteiger partial charge in [-0.05, 0) is 45.2 Å². The van der Waals surface area contributed by atoms with E-state index < -0.39 is 11.7 Å². The molecule has 1 amide bonds. The Balaban J connectivity index is 2.74. The lowest BCUT2D eigenvalue weighted by Crippen LogP contribution is -2.40. The number of hydrogen-bond donors (Lipinski definition) is 1. The zero-order chi connectivity index (χ0) is 17.5. The van der Waals surface area contributed by atoms with Gasteiger partial charge in [0.25, 0.3) is 0 Å². The van der Waals surface area contributed by atoms with Crippen LogP contribution in [0.15, 0.2) is 28.7 Å². The molecule has 1 atom stereocenters. The molecule has 1 aromatic carbocycles. The Morgan fingerprint density at radius 3 is 2.48 bits per heavy atom. The van der Waals surface area contributed by atoms with Gasteiger partial charge < -0.3 is 14.8 Å². The van der Waals surface area contributed by atoms with Gasteiger partial charge in [-0.2, -0.15) is 0 Å². The van der Waals surface area contributed by atoms with Gasteiger partial charge in [0, 0.05) is 16.9 Å². The fourth-order valence-electron chi connectivity index (χ4n) is 2.02. The fourth-order valence-corrected chi connectivity index (χ4v) is 2.47. The molecule has 6 heteroatoms. The van der Waals surface area contributed by atoms with Crippen LogP contribution < -0.4 is 5.32 Å². The van der Waals surface area contributed by atoms with E-state index in [0.29, 0.717) is 12.8 Å². The lowest BCUT2D eigenvalue weighted by molar-refractivity contribution is -0.140. The molecule has 128 valence electrons. The molecule has 0 aliphatic rings. The Morgan fingerprint density at radius 2 is 1.91 bits per heavy atom. The van der Waals surface area contributed by atoms with Gasteiger partial charge in [-0.25, -0.2) is 4.79 Å². The molecule has 23 heavy (non-hydrogen) atoms. The predicted molar refractivity (Wildman–Crippen MR) is 92.3 cm³/mol. The van der Waals surface area contributed by atoms with Crippen LogP contribution in [0.3, 0.4) is 0 Å². The molecule has 0 aliphatic carbocycles. The van der Waals surface area contributed by atoms with Crippen LogP contribution in [-0.2, 0) is 20.7 Å². The van der Waals surface area contributed by atoms with Crippen LogP contribution in [0.25, 0.3) is 0 Å². The summed E-state index contributed by atoms with van der Waals surface area (Å²) in [5.41, 5.74) is 0.489. The van der Waals surface area contributed by atoms with Crippen LogP contribution in [0.5, 0.6) is 0 Å². The number of carbonyl (C=O) groups excluding carboxylic acids is 2. The smallest absolute Gasteiger partial charge is 0.407 e. The first-order valence-corrected chi connectivity index (χ1v) is 8.30. The van der Waals surface area contributed by atoms with E-state index >= 15 is 0 Å². The first-order chi connectivity index (χ1) is 10.7. The maximum atomic E-state index is 12.0. The van der Waals surface area contributed by atoms with Crippen molar-refractivity contribution in [2.45, 2.75) is 51.7 Å². The zero-order valence-electron chi connectivity index (χ0n) is 14.0. The lowest BCUT2D eigenvalue weighted by atomic mass is 10.0. The third-order valence-electron chi connectivity index (χ3n) is 3.07. The number of amides is 1. The van der Waals surface area contributed by atoms with Gasteiger partial charge in [0.1, 0.15) is 5.60 Å². The zero-order valence-corrected chi connectivity index (χ0v) is 15.6. The van der Waals surface area contributed by atoms with E-state index in [0.717, 1.165) is 10.0 Å². The van der Waals surface area contributed by atoms with E-state index in [1.807, 2.05) is 45.0 Å². The quantitative estimate of drug-likeness (QED) is 0.755. The Morgan fingerprint density at radius 1 is 1.26 bits per heavy atom. The average molecular weight is 386 g/mol. The topological polar surface area (TPSA) is 64.6 Å². The Labute approximate surface area is 145 Å². The summed E-state index contributed by atoms with van der Waals surface area (Å²) in [7, 11) is 1.35. The number of hydrogen-bond acceptors (Lipinski definition) is 4. The summed E-state index contributed by atoms with van der Waals surface area (Å²) >= 11 is 3.50. The highest BCUT2D eigenvalue weighted by atomic mass is 79.9. The molecule has 0 saturated carbocycles. The monoisotopic (exact) mass is 385 g/mol. The Bertz CT molecular complexity index is 540. The lowest BCUT2D eigenvalue weighted by Gasteiger charge is -2.24. The second kappa shape index (κ2) is 8.91. The standard InChI is InChI=1S/C17H24BrNO4/c1-17(2,3)23-16(21)19-13(9-10-15(20)22-4)11-12-7-5-6-8-14(12)18/h5-8,13H,9-11H2,1-4H3,(H,19,21)/t13-/m0/s1. The van der Waals surface area contributed by atoms with Crippen molar-refractivity contribution in [2.75, 3.05) is 7.11 Å². The molecule has 5 nitrogen and oxygen atoms in total. The van der Waals surface area contributed by atoms with Crippen molar-refractivity contribution in [1.82, 2.24) is 5.32 Å². The normalized spacial score (nSPS) is 12.4. The SMILES string of the molecule is COC(=O)CC[C@@H](Cc1ccccc1Br)NC(=O)OC(C)(C)C. The van der Waals surface area contributed by atoms with Gasteiger partial charge in [0.15, 0.2) is 0 Å². The molecule has 0 heterocycles. The largest absolute Gasteiger partial charge is 0.469 e. The van der Waals surface area contributed by atoms with Gasteiger partial charge >= 0.3 is 12.1 Å². The van der Waals surface area contributed by atoms with Crippen LogP contribution in [0.4, 0.5) is 4.79 Å². The molecular formula is C17H24BrNO4. The molecule has 0 radical (unpaired) electrons. The molecule has 0 saturated heterocycles. The minimum atomic E-state index is -0.565. The molecule has 1 aromatic rings. The third-order valence-corrected chi connectivity index (χ3v) is 3.84. The number of alkyl carbamates (subject to hydrolysis) is 1. The summed E-state index contributed by atoms with van der Waals surface area (Å²) in [6.45, 7) is 5.43. The summed E-state index contributed by atoms with van der Waals surface area (Å²) in [6.07, 6.45) is 0.825. The highest BCUT2D eigenvalue weighted by Crippen LogP contribution is 2.19. The van der Waals surface area contributed by atoms with Crippen molar-refractivity contribution < 1.29 is 19.1 Å². The maximum Gasteiger partial charge on any atom is 0.407 e. The summed E-state index contributed by atoms with van der Waals surface area (Å²) in [4.78, 5) is 23.4. The molecule has 0 aliphatic heterocycles. The number of rotatable bonds is 6. The van der Waals surface area contributed by atoms with Crippen molar-refractivity contribution in [3.63, 3.8) is 0 Å². The Kier molecular flexibility index (Phi) is 7.55. The van der Waals surface area contributed by atoms with Gasteiger partial charge in [0.05, 0.1) is 7.11 Å². The van der Waals surface area contributed by atoms with Crippen LogP contribution in [-0.4, -0.2) is 30.8 Å². The van der Waals surface area contributed by atoms with Crippen LogP contribution in [0.1, 0.15) is 39.2 Å². The van der Waals surface area contributed by atoms with Crippen molar-refractivity contribution >= 4 is 28.0 Å². The second-order valence-corrected chi connectivity index (χ2v) is 7.11. The van der Waals surface area contributed by atoms with E-state index in [1.54, 1.807) is 0 Å². The second-order valence-electron chi connectivity index (χ2n) is 6.25. The summed E-state index contributed by atoms with van der Waals surface area (Å²) in [5, 5.41) is 2.84. The summed E-state index contributed by atoms with van der Waals surface area (Å²) < 4.78 is 10.9. The van der Waals surface area contributed by atoms with Crippen molar-refractivity contribution in [2.24, 2.45) is 0 Å². The minimum Gasteiger partial charge on any atom is -0.469 e. The number of ether oxygens (including phenoxy) is 2. The van der Waals surface area contributed by atoms with E-state index in [4.69, 9.17) is 4.74 Å². The molecule has 1 rings (SSSR count). The van der Waals surface area contributed by atoms with Gasteiger partial charge in [0.2, 0.25) is 0 Å². The first-order valence-electron chi connectivity index (χ1n) is 7.51. The molecule has 0 aromatic heterocycles. The fraction of sp³-hybridized carbons (Fsp3) is 0.529. The average Bonchev–Trinajstić information content (AvgIpc) is 2.44. The van der Waals surface area contributed by atoms with Crippen LogP contribution in [0, 0.1) is 0 Å². The molecule has 0 unspecified atom stereocenters. The van der Waals surface area contributed by atoms with E-state index in [2.05, 4.69) is 26.0 Å².